The average Bonchev–Trinajstić information content (AvgIpc) is 1.87. The lowest BCUT2D eigenvalue weighted by Gasteiger charge is -2.25. The molecule has 0 saturated carbocycles. The third kappa shape index (κ3) is 2.12. The van der Waals surface area contributed by atoms with E-state index in [9.17, 15) is 13.9 Å². The van der Waals surface area contributed by atoms with E-state index < -0.39 is 24.5 Å². The highest BCUT2D eigenvalue weighted by Gasteiger charge is 2.44. The molecular weight excluding hydrogens is 152 g/mol. The highest BCUT2D eigenvalue weighted by Crippen LogP contribution is 2.25. The third-order valence-corrected chi connectivity index (χ3v) is 1.71. The van der Waals surface area contributed by atoms with Crippen molar-refractivity contribution in [2.75, 3.05) is 6.54 Å². The number of alkyl halides is 2. The zero-order valence-electron chi connectivity index (χ0n) is 6.51. The Morgan fingerprint density at radius 2 is 2.00 bits per heavy atom. The first-order chi connectivity index (χ1) is 4.95. The van der Waals surface area contributed by atoms with Crippen molar-refractivity contribution < 1.29 is 13.9 Å². The molecule has 0 rings (SSSR count). The Kier molecular flexibility index (Phi) is 3.40. The molecule has 0 spiro atoms. The Labute approximate surface area is 64.7 Å². The summed E-state index contributed by atoms with van der Waals surface area (Å²) in [7, 11) is 0. The van der Waals surface area contributed by atoms with Crippen molar-refractivity contribution in [1.82, 2.24) is 0 Å². The van der Waals surface area contributed by atoms with Gasteiger partial charge in [-0.05, 0) is 5.92 Å². The van der Waals surface area contributed by atoms with Crippen molar-refractivity contribution >= 4 is 0 Å². The van der Waals surface area contributed by atoms with Gasteiger partial charge in [0.25, 0.3) is 6.43 Å². The van der Waals surface area contributed by atoms with Gasteiger partial charge in [-0.1, -0.05) is 13.8 Å². The predicted molar refractivity (Wildman–Crippen MR) is 37.3 cm³/mol. The summed E-state index contributed by atoms with van der Waals surface area (Å²) >= 11 is 0. The van der Waals surface area contributed by atoms with Gasteiger partial charge in [0.15, 0.2) is 5.60 Å². The van der Waals surface area contributed by atoms with Crippen molar-refractivity contribution in [3.8, 4) is 0 Å². The molecule has 0 aromatic carbocycles. The molecule has 0 heterocycles. The Balaban J connectivity index is 4.41. The van der Waals surface area contributed by atoms with Crippen LogP contribution in [0.2, 0.25) is 0 Å². The maximum atomic E-state index is 12.1. The van der Waals surface area contributed by atoms with Gasteiger partial charge in [-0.3, -0.25) is 0 Å². The van der Waals surface area contributed by atoms with Gasteiger partial charge < -0.3 is 9.95 Å². The van der Waals surface area contributed by atoms with Crippen LogP contribution in [0.4, 0.5) is 8.78 Å². The summed E-state index contributed by atoms with van der Waals surface area (Å²) in [6.45, 7) is 8.78. The molecule has 0 aliphatic rings. The number of hydrogen-bond acceptors (Lipinski definition) is 1. The van der Waals surface area contributed by atoms with Gasteiger partial charge >= 0.3 is 0 Å². The van der Waals surface area contributed by atoms with E-state index in [2.05, 4.69) is 4.85 Å². The Hall–Kier alpha value is -0.690. The highest BCUT2D eigenvalue weighted by molar-refractivity contribution is 4.91. The fraction of sp³-hybridized carbons (Fsp3) is 0.857. The van der Waals surface area contributed by atoms with E-state index in [0.717, 1.165) is 0 Å². The van der Waals surface area contributed by atoms with Crippen LogP contribution in [0.3, 0.4) is 0 Å². The van der Waals surface area contributed by atoms with Crippen LogP contribution in [-0.4, -0.2) is 23.7 Å². The molecule has 2 nitrogen and oxygen atoms in total. The summed E-state index contributed by atoms with van der Waals surface area (Å²) in [6, 6.07) is 0. The lowest BCUT2D eigenvalue weighted by atomic mass is 9.91. The SMILES string of the molecule is [C-]#[N+]CC(O)(C(C)C)C(F)F. The van der Waals surface area contributed by atoms with E-state index in [0.29, 0.717) is 0 Å². The number of aliphatic hydroxyl groups is 1. The van der Waals surface area contributed by atoms with Crippen LogP contribution in [0.1, 0.15) is 13.8 Å². The zero-order chi connectivity index (χ0) is 9.07. The van der Waals surface area contributed by atoms with Gasteiger partial charge in [0.1, 0.15) is 0 Å². The van der Waals surface area contributed by atoms with E-state index in [1.54, 1.807) is 0 Å². The first-order valence-corrected chi connectivity index (χ1v) is 3.29. The first-order valence-electron chi connectivity index (χ1n) is 3.29. The Morgan fingerprint density at radius 1 is 1.55 bits per heavy atom. The largest absolute Gasteiger partial charge is 0.377 e. The van der Waals surface area contributed by atoms with Crippen LogP contribution in [0, 0.1) is 12.5 Å². The van der Waals surface area contributed by atoms with Crippen LogP contribution in [0.5, 0.6) is 0 Å². The summed E-state index contributed by atoms with van der Waals surface area (Å²) in [6.07, 6.45) is -2.85. The molecule has 0 aromatic heterocycles. The molecule has 4 heteroatoms. The molecule has 0 bridgehead atoms. The minimum Gasteiger partial charge on any atom is -0.377 e. The van der Waals surface area contributed by atoms with Gasteiger partial charge in [0, 0.05) is 0 Å². The maximum absolute atomic E-state index is 12.1. The highest BCUT2D eigenvalue weighted by atomic mass is 19.3. The summed E-state index contributed by atoms with van der Waals surface area (Å²) < 4.78 is 24.3. The second kappa shape index (κ2) is 3.63. The summed E-state index contributed by atoms with van der Waals surface area (Å²) in [5.41, 5.74) is -2.14. The zero-order valence-corrected chi connectivity index (χ0v) is 6.51. The van der Waals surface area contributed by atoms with Crippen LogP contribution in [0.25, 0.3) is 4.85 Å². The molecule has 64 valence electrons. The molecule has 11 heavy (non-hydrogen) atoms. The maximum Gasteiger partial charge on any atom is 0.274 e. The number of rotatable bonds is 3. The van der Waals surface area contributed by atoms with Crippen molar-refractivity contribution in [1.29, 1.82) is 0 Å². The molecule has 0 saturated heterocycles. The Morgan fingerprint density at radius 3 is 2.09 bits per heavy atom. The Bertz CT molecular complexity index is 154. The fourth-order valence-electron chi connectivity index (χ4n) is 0.630. The standard InChI is InChI=1S/C7H11F2NO/c1-5(2)7(11,4-10-3)6(8)9/h5-6,11H,4H2,1-2H3. The van der Waals surface area contributed by atoms with Crippen molar-refractivity contribution in [3.05, 3.63) is 11.4 Å². The first kappa shape index (κ1) is 10.3. The van der Waals surface area contributed by atoms with Gasteiger partial charge in [-0.15, -0.1) is 0 Å². The smallest absolute Gasteiger partial charge is 0.274 e. The van der Waals surface area contributed by atoms with Crippen molar-refractivity contribution in [2.45, 2.75) is 25.9 Å². The van der Waals surface area contributed by atoms with Gasteiger partial charge in [0.05, 0.1) is 0 Å². The molecule has 0 amide bonds. The van der Waals surface area contributed by atoms with Crippen molar-refractivity contribution in [3.63, 3.8) is 0 Å². The average molecular weight is 163 g/mol. The predicted octanol–water partition coefficient (Wildman–Crippen LogP) is 1.56. The summed E-state index contributed by atoms with van der Waals surface area (Å²) in [5.74, 6) is -0.600. The van der Waals surface area contributed by atoms with E-state index in [1.807, 2.05) is 0 Å². The van der Waals surface area contributed by atoms with Gasteiger partial charge in [-0.2, -0.15) is 0 Å². The van der Waals surface area contributed by atoms with Gasteiger partial charge in [-0.25, -0.2) is 15.4 Å². The molecule has 0 aromatic rings. The fourth-order valence-corrected chi connectivity index (χ4v) is 0.630. The number of halogens is 2. The normalized spacial score (nSPS) is 16.5. The van der Waals surface area contributed by atoms with Crippen LogP contribution < -0.4 is 0 Å². The van der Waals surface area contributed by atoms with Gasteiger partial charge in [0.2, 0.25) is 6.54 Å². The summed E-state index contributed by atoms with van der Waals surface area (Å²) in [4.78, 5) is 2.77. The molecule has 1 atom stereocenters. The van der Waals surface area contributed by atoms with Crippen LogP contribution >= 0.6 is 0 Å². The molecule has 1 unspecified atom stereocenters. The van der Waals surface area contributed by atoms with E-state index in [-0.39, 0.29) is 0 Å². The quantitative estimate of drug-likeness (QED) is 0.627. The van der Waals surface area contributed by atoms with E-state index >= 15 is 0 Å². The minimum absolute atomic E-state index is 0.539. The lowest BCUT2D eigenvalue weighted by Crippen LogP contribution is -2.45. The number of hydrogen-bond donors (Lipinski definition) is 1. The topological polar surface area (TPSA) is 24.6 Å². The van der Waals surface area contributed by atoms with Crippen LogP contribution in [0.15, 0.2) is 0 Å². The molecule has 0 radical (unpaired) electrons. The molecule has 0 aliphatic heterocycles. The molecule has 0 fully saturated rings. The van der Waals surface area contributed by atoms with E-state index in [1.165, 1.54) is 13.8 Å². The molecular formula is C7H11F2NO. The number of nitrogens with zero attached hydrogens (tertiary/aromatic N) is 1. The van der Waals surface area contributed by atoms with Crippen LogP contribution in [-0.2, 0) is 0 Å². The lowest BCUT2D eigenvalue weighted by molar-refractivity contribution is -0.113. The minimum atomic E-state index is -2.85. The third-order valence-electron chi connectivity index (χ3n) is 1.71. The summed E-state index contributed by atoms with van der Waals surface area (Å²) in [5, 5.41) is 9.20. The second-order valence-corrected chi connectivity index (χ2v) is 2.76. The van der Waals surface area contributed by atoms with Crippen molar-refractivity contribution in [2.24, 2.45) is 5.92 Å². The molecule has 0 aliphatic carbocycles. The monoisotopic (exact) mass is 163 g/mol. The van der Waals surface area contributed by atoms with E-state index in [4.69, 9.17) is 6.57 Å². The second-order valence-electron chi connectivity index (χ2n) is 2.76. The molecule has 1 N–H and O–H groups in total.